The van der Waals surface area contributed by atoms with Crippen molar-refractivity contribution in [2.75, 3.05) is 7.05 Å². The Balaban J connectivity index is 3.27. The monoisotopic (exact) mass is 228 g/mol. The summed E-state index contributed by atoms with van der Waals surface area (Å²) in [4.78, 5) is 8.66. The maximum atomic E-state index is 4.40. The van der Waals surface area contributed by atoms with Gasteiger partial charge >= 0.3 is 0 Å². The minimum Gasteiger partial charge on any atom is -0.293 e. The number of aromatic nitrogens is 1. The van der Waals surface area contributed by atoms with Crippen LogP contribution in [0.3, 0.4) is 0 Å². The van der Waals surface area contributed by atoms with Crippen LogP contribution in [0.15, 0.2) is 35.5 Å². The van der Waals surface area contributed by atoms with Crippen LogP contribution in [0, 0.1) is 13.8 Å². The molecule has 2 nitrogen and oxygen atoms in total. The van der Waals surface area contributed by atoms with Crippen LogP contribution in [0.5, 0.6) is 0 Å². The lowest BCUT2D eigenvalue weighted by Crippen LogP contribution is -1.99. The highest BCUT2D eigenvalue weighted by Gasteiger charge is 2.06. The number of hydrogen-bond donors (Lipinski definition) is 0. The first kappa shape index (κ1) is 13.4. The van der Waals surface area contributed by atoms with Gasteiger partial charge in [0.05, 0.1) is 0 Å². The molecule has 0 saturated carbocycles. The molecule has 0 unspecified atom stereocenters. The zero-order valence-corrected chi connectivity index (χ0v) is 11.3. The van der Waals surface area contributed by atoms with Gasteiger partial charge in [-0.2, -0.15) is 0 Å². The molecule has 0 N–H and O–H groups in total. The van der Waals surface area contributed by atoms with Crippen molar-refractivity contribution in [2.45, 2.75) is 27.7 Å². The molecule has 1 aromatic rings. The van der Waals surface area contributed by atoms with Crippen molar-refractivity contribution in [3.8, 4) is 0 Å². The smallest absolute Gasteiger partial charge is 0.0402 e. The van der Waals surface area contributed by atoms with E-state index in [0.29, 0.717) is 0 Å². The zero-order valence-electron chi connectivity index (χ0n) is 11.3. The lowest BCUT2D eigenvalue weighted by atomic mass is 10.0. The molecule has 0 aliphatic rings. The third-order valence-electron chi connectivity index (χ3n) is 2.83. The molecule has 0 spiro atoms. The quantitative estimate of drug-likeness (QED) is 0.571. The molecule has 0 radical (unpaired) electrons. The summed E-state index contributed by atoms with van der Waals surface area (Å²) in [7, 11) is 1.81. The standard InChI is InChI=1S/C15H20N2/c1-6-7-8-15(13(4)16-5)14-9-11(2)12(3)17-10-14/h6-10H,1-5H3/b7-6-,15-8+,16-13?. The minimum absolute atomic E-state index is 1.02. The summed E-state index contributed by atoms with van der Waals surface area (Å²) in [5.41, 5.74) is 5.55. The van der Waals surface area contributed by atoms with Crippen molar-refractivity contribution in [2.24, 2.45) is 4.99 Å². The molecule has 1 aromatic heterocycles. The molecule has 17 heavy (non-hydrogen) atoms. The van der Waals surface area contributed by atoms with E-state index in [1.807, 2.05) is 46.2 Å². The lowest BCUT2D eigenvalue weighted by Gasteiger charge is -2.08. The highest BCUT2D eigenvalue weighted by atomic mass is 14.7. The Morgan fingerprint density at radius 3 is 2.59 bits per heavy atom. The Hall–Kier alpha value is -1.70. The Kier molecular flexibility index (Phi) is 4.83. The van der Waals surface area contributed by atoms with Gasteiger partial charge in [0.2, 0.25) is 0 Å². The van der Waals surface area contributed by atoms with Gasteiger partial charge in [0.1, 0.15) is 0 Å². The molecule has 0 aliphatic heterocycles. The average molecular weight is 228 g/mol. The fourth-order valence-corrected chi connectivity index (χ4v) is 1.53. The Bertz CT molecular complexity index is 480. The molecule has 1 rings (SSSR count). The van der Waals surface area contributed by atoms with Gasteiger partial charge in [-0.15, -0.1) is 0 Å². The highest BCUT2D eigenvalue weighted by Crippen LogP contribution is 2.18. The van der Waals surface area contributed by atoms with E-state index in [-0.39, 0.29) is 0 Å². The molecule has 0 bridgehead atoms. The molecular formula is C15H20N2. The minimum atomic E-state index is 1.02. The summed E-state index contributed by atoms with van der Waals surface area (Å²) in [6.45, 7) is 8.13. The first-order valence-corrected chi connectivity index (χ1v) is 5.80. The summed E-state index contributed by atoms with van der Waals surface area (Å²) in [6.07, 6.45) is 8.02. The summed E-state index contributed by atoms with van der Waals surface area (Å²) in [6, 6.07) is 2.16. The van der Waals surface area contributed by atoms with Crippen molar-refractivity contribution in [1.82, 2.24) is 4.98 Å². The van der Waals surface area contributed by atoms with Gasteiger partial charge < -0.3 is 0 Å². The Labute approximate surface area is 104 Å². The summed E-state index contributed by atoms with van der Waals surface area (Å²) < 4.78 is 0. The number of rotatable bonds is 3. The second-order valence-electron chi connectivity index (χ2n) is 4.04. The van der Waals surface area contributed by atoms with Gasteiger partial charge in [-0.25, -0.2) is 0 Å². The van der Waals surface area contributed by atoms with Crippen LogP contribution in [0.1, 0.15) is 30.7 Å². The molecular weight excluding hydrogens is 208 g/mol. The number of nitrogens with zero attached hydrogens (tertiary/aromatic N) is 2. The fourth-order valence-electron chi connectivity index (χ4n) is 1.53. The van der Waals surface area contributed by atoms with Crippen molar-refractivity contribution in [3.05, 3.63) is 47.3 Å². The Morgan fingerprint density at radius 1 is 1.35 bits per heavy atom. The van der Waals surface area contributed by atoms with Crippen molar-refractivity contribution < 1.29 is 0 Å². The predicted molar refractivity (Wildman–Crippen MR) is 75.5 cm³/mol. The third-order valence-corrected chi connectivity index (χ3v) is 2.83. The van der Waals surface area contributed by atoms with Gasteiger partial charge in [-0.1, -0.05) is 18.2 Å². The molecule has 0 aromatic carbocycles. The molecule has 90 valence electrons. The van der Waals surface area contributed by atoms with Crippen LogP contribution in [0.2, 0.25) is 0 Å². The van der Waals surface area contributed by atoms with Crippen LogP contribution in [0.25, 0.3) is 5.57 Å². The molecule has 0 saturated heterocycles. The van der Waals surface area contributed by atoms with Crippen LogP contribution in [-0.2, 0) is 0 Å². The van der Waals surface area contributed by atoms with Gasteiger partial charge in [-0.05, 0) is 39.3 Å². The van der Waals surface area contributed by atoms with Crippen molar-refractivity contribution in [1.29, 1.82) is 0 Å². The van der Waals surface area contributed by atoms with Gasteiger partial charge in [0.25, 0.3) is 0 Å². The van der Waals surface area contributed by atoms with E-state index in [2.05, 4.69) is 29.0 Å². The van der Waals surface area contributed by atoms with E-state index < -0.39 is 0 Å². The summed E-state index contributed by atoms with van der Waals surface area (Å²) >= 11 is 0. The molecule has 0 atom stereocenters. The van der Waals surface area contributed by atoms with Gasteiger partial charge in [0, 0.05) is 35.8 Å². The zero-order chi connectivity index (χ0) is 12.8. The van der Waals surface area contributed by atoms with E-state index in [0.717, 1.165) is 22.5 Å². The van der Waals surface area contributed by atoms with Crippen molar-refractivity contribution in [3.63, 3.8) is 0 Å². The molecule has 0 amide bonds. The van der Waals surface area contributed by atoms with Gasteiger partial charge in [0.15, 0.2) is 0 Å². The molecule has 0 aliphatic carbocycles. The van der Waals surface area contributed by atoms with Crippen LogP contribution in [-0.4, -0.2) is 17.7 Å². The topological polar surface area (TPSA) is 25.2 Å². The molecule has 1 heterocycles. The third kappa shape index (κ3) is 3.38. The van der Waals surface area contributed by atoms with Gasteiger partial charge in [-0.3, -0.25) is 9.98 Å². The number of pyridine rings is 1. The molecule has 0 fully saturated rings. The van der Waals surface area contributed by atoms with Crippen molar-refractivity contribution >= 4 is 11.3 Å². The number of hydrogen-bond acceptors (Lipinski definition) is 2. The average Bonchev–Trinajstić information content (AvgIpc) is 2.33. The number of allylic oxidation sites excluding steroid dienone is 4. The first-order chi connectivity index (χ1) is 8.10. The normalized spacial score (nSPS) is 13.5. The maximum Gasteiger partial charge on any atom is 0.0402 e. The summed E-state index contributed by atoms with van der Waals surface area (Å²) in [5.74, 6) is 0. The largest absolute Gasteiger partial charge is 0.293 e. The SMILES string of the molecule is C/C=C\C=C(/C(C)=NC)c1cnc(C)c(C)c1. The van der Waals surface area contributed by atoms with E-state index in [1.54, 1.807) is 0 Å². The first-order valence-electron chi connectivity index (χ1n) is 5.80. The number of aryl methyl sites for hydroxylation is 2. The van der Waals surface area contributed by atoms with E-state index in [1.165, 1.54) is 5.56 Å². The van der Waals surface area contributed by atoms with Crippen LogP contribution >= 0.6 is 0 Å². The Morgan fingerprint density at radius 2 is 2.06 bits per heavy atom. The predicted octanol–water partition coefficient (Wildman–Crippen LogP) is 3.75. The second kappa shape index (κ2) is 6.14. The lowest BCUT2D eigenvalue weighted by molar-refractivity contribution is 1.14. The van der Waals surface area contributed by atoms with Crippen LogP contribution in [0.4, 0.5) is 0 Å². The van der Waals surface area contributed by atoms with Crippen LogP contribution < -0.4 is 0 Å². The maximum absolute atomic E-state index is 4.40. The van der Waals surface area contributed by atoms with E-state index >= 15 is 0 Å². The van der Waals surface area contributed by atoms with E-state index in [4.69, 9.17) is 0 Å². The summed E-state index contributed by atoms with van der Waals surface area (Å²) in [5, 5.41) is 0. The number of aliphatic imine (C=N–C) groups is 1. The molecule has 2 heteroatoms. The van der Waals surface area contributed by atoms with E-state index in [9.17, 15) is 0 Å². The fraction of sp³-hybridized carbons (Fsp3) is 0.333. The second-order valence-corrected chi connectivity index (χ2v) is 4.04. The highest BCUT2D eigenvalue weighted by molar-refractivity contribution is 6.22.